The fraction of sp³-hybridized carbons (Fsp3) is 0.750. The monoisotopic (exact) mass is 286 g/mol. The molecule has 0 bridgehead atoms. The third kappa shape index (κ3) is 1.99. The van der Waals surface area contributed by atoms with Crippen LogP contribution >= 0.6 is 15.9 Å². The zero-order valence-corrected chi connectivity index (χ0v) is 11.9. The van der Waals surface area contributed by atoms with E-state index in [1.165, 1.54) is 12.8 Å². The van der Waals surface area contributed by atoms with E-state index in [4.69, 9.17) is 0 Å². The Kier molecular flexibility index (Phi) is 2.81. The Morgan fingerprint density at radius 1 is 1.44 bits per heavy atom. The lowest BCUT2D eigenvalue weighted by molar-refractivity contribution is 0.417. The van der Waals surface area contributed by atoms with Gasteiger partial charge in [-0.25, -0.2) is 4.68 Å². The fourth-order valence-corrected chi connectivity index (χ4v) is 2.88. The number of hydrogen-bond donors (Lipinski definition) is 1. The van der Waals surface area contributed by atoms with Crippen LogP contribution in [0.2, 0.25) is 0 Å². The number of nitrogens with zero attached hydrogens (tertiary/aromatic N) is 1. The minimum atomic E-state index is -0.0352. The average Bonchev–Trinajstić information content (AvgIpc) is 2.94. The van der Waals surface area contributed by atoms with Gasteiger partial charge in [0.25, 0.3) is 5.56 Å². The molecule has 0 aliphatic heterocycles. The number of hydrogen-bond acceptors (Lipinski definition) is 1. The van der Waals surface area contributed by atoms with E-state index in [-0.39, 0.29) is 11.0 Å². The van der Waals surface area contributed by atoms with Gasteiger partial charge in [-0.05, 0) is 41.6 Å². The highest BCUT2D eigenvalue weighted by Gasteiger charge is 2.32. The molecule has 1 fully saturated rings. The van der Waals surface area contributed by atoms with Crippen LogP contribution in [-0.4, -0.2) is 9.78 Å². The van der Waals surface area contributed by atoms with E-state index in [0.29, 0.717) is 16.4 Å². The van der Waals surface area contributed by atoms with Gasteiger partial charge in [0.15, 0.2) is 0 Å². The Morgan fingerprint density at radius 2 is 2.00 bits per heavy atom. The van der Waals surface area contributed by atoms with Gasteiger partial charge in [-0.15, -0.1) is 0 Å². The topological polar surface area (TPSA) is 37.8 Å². The van der Waals surface area contributed by atoms with Crippen LogP contribution < -0.4 is 5.56 Å². The maximum atomic E-state index is 12.1. The van der Waals surface area contributed by atoms with E-state index in [0.717, 1.165) is 5.69 Å². The van der Waals surface area contributed by atoms with Crippen molar-refractivity contribution in [3.63, 3.8) is 0 Å². The van der Waals surface area contributed by atoms with Crippen LogP contribution in [0.25, 0.3) is 0 Å². The fourth-order valence-electron chi connectivity index (χ4n) is 2.01. The van der Waals surface area contributed by atoms with Crippen molar-refractivity contribution >= 4 is 15.9 Å². The highest BCUT2D eigenvalue weighted by atomic mass is 79.9. The molecule has 1 atom stereocenters. The molecule has 1 saturated carbocycles. The molecule has 1 aliphatic rings. The van der Waals surface area contributed by atoms with Crippen LogP contribution in [0.5, 0.6) is 0 Å². The largest absolute Gasteiger partial charge is 0.298 e. The van der Waals surface area contributed by atoms with Gasteiger partial charge in [-0.2, -0.15) is 0 Å². The van der Waals surface area contributed by atoms with Gasteiger partial charge < -0.3 is 0 Å². The van der Waals surface area contributed by atoms with Crippen molar-refractivity contribution in [2.75, 3.05) is 0 Å². The van der Waals surface area contributed by atoms with Crippen molar-refractivity contribution in [3.8, 4) is 0 Å². The molecule has 1 N–H and O–H groups in total. The molecule has 3 nitrogen and oxygen atoms in total. The third-order valence-electron chi connectivity index (χ3n) is 3.32. The third-order valence-corrected chi connectivity index (χ3v) is 4.06. The Hall–Kier alpha value is -0.510. The van der Waals surface area contributed by atoms with Crippen molar-refractivity contribution in [3.05, 3.63) is 20.5 Å². The molecule has 1 aromatic rings. The van der Waals surface area contributed by atoms with Gasteiger partial charge in [0.05, 0.1) is 11.7 Å². The van der Waals surface area contributed by atoms with Crippen LogP contribution in [0.4, 0.5) is 0 Å². The lowest BCUT2D eigenvalue weighted by Gasteiger charge is -2.17. The first-order valence-corrected chi connectivity index (χ1v) is 6.62. The molecule has 0 amide bonds. The van der Waals surface area contributed by atoms with Crippen LogP contribution in [0.15, 0.2) is 9.27 Å². The molecule has 0 aromatic carbocycles. The number of H-pyrrole nitrogens is 1. The number of halogens is 1. The number of rotatable bonds is 2. The highest BCUT2D eigenvalue weighted by Crippen LogP contribution is 2.39. The summed E-state index contributed by atoms with van der Waals surface area (Å²) in [6.45, 7) is 8.44. The van der Waals surface area contributed by atoms with Gasteiger partial charge in [-0.1, -0.05) is 20.8 Å². The van der Waals surface area contributed by atoms with Gasteiger partial charge in [0, 0.05) is 5.41 Å². The summed E-state index contributed by atoms with van der Waals surface area (Å²) in [6.07, 6.45) is 2.49. The summed E-state index contributed by atoms with van der Waals surface area (Å²) < 4.78 is 2.47. The predicted molar refractivity (Wildman–Crippen MR) is 68.9 cm³/mol. The zero-order valence-electron chi connectivity index (χ0n) is 10.3. The Labute approximate surface area is 104 Å². The molecule has 1 unspecified atom stereocenters. The van der Waals surface area contributed by atoms with E-state index < -0.39 is 0 Å². The molecule has 1 aliphatic carbocycles. The Morgan fingerprint density at radius 3 is 2.38 bits per heavy atom. The molecule has 2 rings (SSSR count). The van der Waals surface area contributed by atoms with Gasteiger partial charge >= 0.3 is 0 Å². The van der Waals surface area contributed by atoms with E-state index in [1.54, 1.807) is 4.68 Å². The zero-order chi connectivity index (χ0) is 12.1. The highest BCUT2D eigenvalue weighted by molar-refractivity contribution is 9.10. The average molecular weight is 287 g/mol. The molecular weight excluding hydrogens is 268 g/mol. The minimum absolute atomic E-state index is 0.0352. The van der Waals surface area contributed by atoms with Crippen molar-refractivity contribution in [1.82, 2.24) is 9.78 Å². The molecule has 16 heavy (non-hydrogen) atoms. The Bertz CT molecular complexity index is 449. The SMILES string of the molecule is CC(C1CC1)n1[nH]c(C(C)(C)C)c(Br)c1=O. The molecule has 1 heterocycles. The molecule has 0 saturated heterocycles. The first-order chi connectivity index (χ1) is 7.32. The van der Waals surface area contributed by atoms with E-state index >= 15 is 0 Å². The molecule has 0 radical (unpaired) electrons. The van der Waals surface area contributed by atoms with Crippen LogP contribution in [0.3, 0.4) is 0 Å². The predicted octanol–water partition coefficient (Wildman–Crippen LogP) is 3.21. The van der Waals surface area contributed by atoms with Crippen molar-refractivity contribution in [2.45, 2.75) is 52.0 Å². The van der Waals surface area contributed by atoms with Crippen LogP contribution in [0.1, 0.15) is 52.3 Å². The minimum Gasteiger partial charge on any atom is -0.298 e. The van der Waals surface area contributed by atoms with E-state index in [1.807, 2.05) is 0 Å². The van der Waals surface area contributed by atoms with Crippen molar-refractivity contribution < 1.29 is 0 Å². The maximum Gasteiger partial charge on any atom is 0.281 e. The number of nitrogens with one attached hydrogen (secondary N) is 1. The second-order valence-electron chi connectivity index (χ2n) is 5.80. The first-order valence-electron chi connectivity index (χ1n) is 5.83. The van der Waals surface area contributed by atoms with E-state index in [2.05, 4.69) is 48.7 Å². The molecule has 4 heteroatoms. The van der Waals surface area contributed by atoms with E-state index in [9.17, 15) is 4.79 Å². The smallest absolute Gasteiger partial charge is 0.281 e. The summed E-state index contributed by atoms with van der Waals surface area (Å²) in [6, 6.07) is 0.292. The summed E-state index contributed by atoms with van der Waals surface area (Å²) in [5, 5.41) is 3.27. The van der Waals surface area contributed by atoms with Gasteiger partial charge in [0.1, 0.15) is 4.47 Å². The lowest BCUT2D eigenvalue weighted by atomic mass is 9.93. The molecular formula is C12H19BrN2O. The Balaban J connectivity index is 2.44. The number of aromatic amines is 1. The summed E-state index contributed by atoms with van der Waals surface area (Å²) >= 11 is 3.41. The molecule has 1 aromatic heterocycles. The molecule has 0 spiro atoms. The first kappa shape index (κ1) is 12.0. The standard InChI is InChI=1S/C12H19BrN2O/c1-7(8-5-6-8)15-11(16)9(13)10(14-15)12(2,3)4/h7-8,14H,5-6H2,1-4H3. The summed E-state index contributed by atoms with van der Waals surface area (Å²) in [7, 11) is 0. The van der Waals surface area contributed by atoms with Gasteiger partial charge in [0.2, 0.25) is 0 Å². The lowest BCUT2D eigenvalue weighted by Crippen LogP contribution is -2.22. The summed E-state index contributed by atoms with van der Waals surface area (Å²) in [5.74, 6) is 0.677. The second-order valence-corrected chi connectivity index (χ2v) is 6.60. The van der Waals surface area contributed by atoms with Crippen LogP contribution in [-0.2, 0) is 5.41 Å². The second kappa shape index (κ2) is 3.76. The number of aromatic nitrogens is 2. The quantitative estimate of drug-likeness (QED) is 0.891. The summed E-state index contributed by atoms with van der Waals surface area (Å²) in [4.78, 5) is 12.1. The normalized spacial score (nSPS) is 18.8. The van der Waals surface area contributed by atoms with Crippen molar-refractivity contribution in [1.29, 1.82) is 0 Å². The molecule has 90 valence electrons. The van der Waals surface area contributed by atoms with Gasteiger partial charge in [-0.3, -0.25) is 9.89 Å². The maximum absolute atomic E-state index is 12.1. The van der Waals surface area contributed by atoms with Crippen molar-refractivity contribution in [2.24, 2.45) is 5.92 Å². The van der Waals surface area contributed by atoms with Crippen LogP contribution in [0, 0.1) is 5.92 Å². The summed E-state index contributed by atoms with van der Waals surface area (Å²) in [5.41, 5.74) is 1.03.